The van der Waals surface area contributed by atoms with E-state index in [2.05, 4.69) is 16.4 Å². The second-order valence-electron chi connectivity index (χ2n) is 9.42. The van der Waals surface area contributed by atoms with E-state index in [4.69, 9.17) is 4.74 Å². The molecule has 0 fully saturated rings. The Morgan fingerprint density at radius 2 is 1.75 bits per heavy atom. The molecule has 1 atom stereocenters. The summed E-state index contributed by atoms with van der Waals surface area (Å²) in [5.41, 5.74) is 5.12. The summed E-state index contributed by atoms with van der Waals surface area (Å²) in [4.78, 5) is 3.21. The number of hydrogen-bond donors (Lipinski definition) is 2. The fourth-order valence-electron chi connectivity index (χ4n) is 5.27. The van der Waals surface area contributed by atoms with Crippen LogP contribution in [0, 0.1) is 23.0 Å². The van der Waals surface area contributed by atoms with Crippen LogP contribution in [0.4, 0.5) is 8.78 Å². The minimum absolute atomic E-state index is 0.206. The summed E-state index contributed by atoms with van der Waals surface area (Å²) in [5.74, 6) is -0.478. The molecule has 0 bridgehead atoms. The Morgan fingerprint density at radius 1 is 0.944 bits per heavy atom. The minimum Gasteiger partial charge on any atom is -0.361 e. The Balaban J connectivity index is 1.15. The molecule has 0 saturated carbocycles. The standard InChI is InChI=1S/C30H29F2N3O/c31-25-8-6-24(7-9-25)30(28-11-5-21(18-33)16-23(28)20-36-30)13-3-15-34-14-2-1-4-22-19-35-29-12-10-26(32)17-27(22)29/h5-12,16-17,19,34-35H,1-4,13-15,20H2. The van der Waals surface area contributed by atoms with Gasteiger partial charge in [-0.05, 0) is 110 Å². The summed E-state index contributed by atoms with van der Waals surface area (Å²) >= 11 is 0. The molecule has 2 N–H and O–H groups in total. The van der Waals surface area contributed by atoms with Gasteiger partial charge in [-0.3, -0.25) is 0 Å². The maximum absolute atomic E-state index is 13.6. The fraction of sp³-hybridized carbons (Fsp3) is 0.300. The topological polar surface area (TPSA) is 60.8 Å². The third kappa shape index (κ3) is 4.90. The molecule has 6 heteroatoms. The largest absolute Gasteiger partial charge is 0.361 e. The quantitative estimate of drug-likeness (QED) is 0.253. The molecule has 0 radical (unpaired) electrons. The van der Waals surface area contributed by atoms with Crippen LogP contribution in [0.25, 0.3) is 10.9 Å². The first kappa shape index (κ1) is 24.2. The van der Waals surface area contributed by atoms with E-state index >= 15 is 0 Å². The lowest BCUT2D eigenvalue weighted by Gasteiger charge is -2.30. The number of hydrogen-bond acceptors (Lipinski definition) is 3. The lowest BCUT2D eigenvalue weighted by molar-refractivity contribution is -0.0129. The number of aromatic amines is 1. The molecule has 4 aromatic rings. The van der Waals surface area contributed by atoms with Crippen molar-refractivity contribution >= 4 is 10.9 Å². The molecule has 1 aromatic heterocycles. The van der Waals surface area contributed by atoms with E-state index in [1.165, 1.54) is 18.2 Å². The number of nitrogens with one attached hydrogen (secondary N) is 2. The second-order valence-corrected chi connectivity index (χ2v) is 9.42. The van der Waals surface area contributed by atoms with Crippen LogP contribution >= 0.6 is 0 Å². The first-order valence-electron chi connectivity index (χ1n) is 12.5. The Kier molecular flexibility index (Phi) is 7.13. The number of halogens is 2. The number of benzene rings is 3. The summed E-state index contributed by atoms with van der Waals surface area (Å²) in [7, 11) is 0. The van der Waals surface area contributed by atoms with Gasteiger partial charge in [0.15, 0.2) is 0 Å². The first-order valence-corrected chi connectivity index (χ1v) is 12.5. The monoisotopic (exact) mass is 485 g/mol. The van der Waals surface area contributed by atoms with Crippen molar-refractivity contribution in [1.82, 2.24) is 10.3 Å². The van der Waals surface area contributed by atoms with Gasteiger partial charge in [0.2, 0.25) is 0 Å². The molecular weight excluding hydrogens is 456 g/mol. The van der Waals surface area contributed by atoms with Gasteiger partial charge < -0.3 is 15.0 Å². The third-order valence-corrected chi connectivity index (χ3v) is 7.12. The summed E-state index contributed by atoms with van der Waals surface area (Å²) < 4.78 is 33.6. The molecule has 184 valence electrons. The molecule has 1 unspecified atom stereocenters. The van der Waals surface area contributed by atoms with Crippen LogP contribution in [-0.2, 0) is 23.4 Å². The number of aryl methyl sites for hydroxylation is 1. The zero-order valence-corrected chi connectivity index (χ0v) is 20.1. The number of nitrogens with zero attached hydrogens (tertiary/aromatic N) is 1. The summed E-state index contributed by atoms with van der Waals surface area (Å²) in [6.07, 6.45) is 6.58. The number of rotatable bonds is 10. The van der Waals surface area contributed by atoms with E-state index in [0.717, 1.165) is 78.4 Å². The van der Waals surface area contributed by atoms with Gasteiger partial charge in [0.25, 0.3) is 0 Å². The maximum atomic E-state index is 13.6. The highest BCUT2D eigenvalue weighted by molar-refractivity contribution is 5.83. The van der Waals surface area contributed by atoms with E-state index in [0.29, 0.717) is 12.2 Å². The molecule has 1 aliphatic heterocycles. The molecule has 2 heterocycles. The molecule has 3 aromatic carbocycles. The number of unbranched alkanes of at least 4 members (excludes halogenated alkanes) is 1. The number of nitriles is 1. The van der Waals surface area contributed by atoms with E-state index in [9.17, 15) is 14.0 Å². The average Bonchev–Trinajstić information content (AvgIpc) is 3.47. The van der Waals surface area contributed by atoms with Crippen molar-refractivity contribution in [2.24, 2.45) is 0 Å². The van der Waals surface area contributed by atoms with Crippen molar-refractivity contribution in [3.05, 3.63) is 106 Å². The van der Waals surface area contributed by atoms with Gasteiger partial charge in [-0.15, -0.1) is 0 Å². The van der Waals surface area contributed by atoms with Gasteiger partial charge in [0.1, 0.15) is 17.2 Å². The number of H-pyrrole nitrogens is 1. The predicted octanol–water partition coefficient (Wildman–Crippen LogP) is 6.48. The van der Waals surface area contributed by atoms with Crippen molar-refractivity contribution in [3.63, 3.8) is 0 Å². The number of fused-ring (bicyclic) bond motifs is 2. The smallest absolute Gasteiger partial charge is 0.123 e. The van der Waals surface area contributed by atoms with Crippen LogP contribution in [0.2, 0.25) is 0 Å². The third-order valence-electron chi connectivity index (χ3n) is 7.12. The SMILES string of the molecule is N#Cc1ccc2c(c1)COC2(CCCNCCCCc1c[nH]c2ccc(F)cc12)c1ccc(F)cc1. The summed E-state index contributed by atoms with van der Waals surface area (Å²) in [6, 6.07) is 19.3. The Hall–Kier alpha value is -3.53. The molecule has 0 spiro atoms. The van der Waals surface area contributed by atoms with Gasteiger partial charge in [-0.25, -0.2) is 8.78 Å². The maximum Gasteiger partial charge on any atom is 0.123 e. The fourth-order valence-corrected chi connectivity index (χ4v) is 5.27. The Bertz CT molecular complexity index is 1390. The highest BCUT2D eigenvalue weighted by Crippen LogP contribution is 2.45. The minimum atomic E-state index is -0.636. The van der Waals surface area contributed by atoms with E-state index < -0.39 is 5.60 Å². The van der Waals surface area contributed by atoms with Crippen molar-refractivity contribution in [1.29, 1.82) is 5.26 Å². The first-order chi connectivity index (χ1) is 17.6. The molecule has 36 heavy (non-hydrogen) atoms. The van der Waals surface area contributed by atoms with Crippen LogP contribution in [0.3, 0.4) is 0 Å². The zero-order chi connectivity index (χ0) is 25.0. The van der Waals surface area contributed by atoms with E-state index in [-0.39, 0.29) is 11.6 Å². The van der Waals surface area contributed by atoms with Crippen molar-refractivity contribution in [3.8, 4) is 6.07 Å². The van der Waals surface area contributed by atoms with Crippen molar-refractivity contribution < 1.29 is 13.5 Å². The Labute approximate surface area is 209 Å². The van der Waals surface area contributed by atoms with E-state index in [1.54, 1.807) is 24.3 Å². The number of aromatic nitrogens is 1. The van der Waals surface area contributed by atoms with Crippen molar-refractivity contribution in [2.45, 2.75) is 44.3 Å². The van der Waals surface area contributed by atoms with Crippen LogP contribution in [0.15, 0.2) is 66.9 Å². The van der Waals surface area contributed by atoms with Gasteiger partial charge in [-0.1, -0.05) is 18.2 Å². The lowest BCUT2D eigenvalue weighted by Crippen LogP contribution is -2.29. The summed E-state index contributed by atoms with van der Waals surface area (Å²) in [5, 5.41) is 13.8. The normalized spacial score (nSPS) is 16.8. The molecular formula is C30H29F2N3O. The second kappa shape index (κ2) is 10.6. The average molecular weight is 486 g/mol. The molecule has 5 rings (SSSR count). The van der Waals surface area contributed by atoms with E-state index in [1.807, 2.05) is 24.4 Å². The Morgan fingerprint density at radius 3 is 2.58 bits per heavy atom. The zero-order valence-electron chi connectivity index (χ0n) is 20.1. The van der Waals surface area contributed by atoms with Gasteiger partial charge >= 0.3 is 0 Å². The molecule has 4 nitrogen and oxygen atoms in total. The predicted molar refractivity (Wildman–Crippen MR) is 136 cm³/mol. The van der Waals surface area contributed by atoms with Crippen LogP contribution in [-0.4, -0.2) is 18.1 Å². The van der Waals surface area contributed by atoms with Crippen LogP contribution < -0.4 is 5.32 Å². The molecule has 0 saturated heterocycles. The van der Waals surface area contributed by atoms with Gasteiger partial charge in [-0.2, -0.15) is 5.26 Å². The van der Waals surface area contributed by atoms with Gasteiger partial charge in [0, 0.05) is 17.1 Å². The molecule has 0 amide bonds. The van der Waals surface area contributed by atoms with Crippen molar-refractivity contribution in [2.75, 3.05) is 13.1 Å². The molecule has 1 aliphatic rings. The van der Waals surface area contributed by atoms with Gasteiger partial charge in [0.05, 0.1) is 18.2 Å². The highest BCUT2D eigenvalue weighted by Gasteiger charge is 2.41. The van der Waals surface area contributed by atoms with Crippen LogP contribution in [0.5, 0.6) is 0 Å². The van der Waals surface area contributed by atoms with Crippen LogP contribution in [0.1, 0.15) is 53.5 Å². The highest BCUT2D eigenvalue weighted by atomic mass is 19.1. The lowest BCUT2D eigenvalue weighted by atomic mass is 9.81. The summed E-state index contributed by atoms with van der Waals surface area (Å²) in [6.45, 7) is 2.19. The molecule has 0 aliphatic carbocycles. The number of ether oxygens (including phenoxy) is 1.